The molecule has 27 heavy (non-hydrogen) atoms. The highest BCUT2D eigenvalue weighted by Gasteiger charge is 2.28. The molecule has 1 aromatic heterocycles. The van der Waals surface area contributed by atoms with Crippen molar-refractivity contribution in [3.8, 4) is 0 Å². The lowest BCUT2D eigenvalue weighted by Crippen LogP contribution is -2.46. The Morgan fingerprint density at radius 1 is 1.22 bits per heavy atom. The van der Waals surface area contributed by atoms with Crippen LogP contribution in [0.3, 0.4) is 0 Å². The highest BCUT2D eigenvalue weighted by molar-refractivity contribution is 7.99. The van der Waals surface area contributed by atoms with E-state index in [9.17, 15) is 17.6 Å². The molecule has 0 unspecified atom stereocenters. The molecule has 0 spiro atoms. The highest BCUT2D eigenvalue weighted by atomic mass is 35.5. The average molecular weight is 440 g/mol. The number of thioether (sulfide) groups is 1. The van der Waals surface area contributed by atoms with Gasteiger partial charge >= 0.3 is 6.18 Å². The molecule has 0 aliphatic carbocycles. The SMILES string of the molecule is Cc1cc(F)c(N2CCN(Cc3cnc(Cl)s3)CC2)cc1SCC(F)(F)F. The highest BCUT2D eigenvalue weighted by Crippen LogP contribution is 2.34. The molecule has 2 aromatic rings. The Labute approximate surface area is 168 Å². The average Bonchev–Trinajstić information content (AvgIpc) is 2.99. The third-order valence-electron chi connectivity index (χ3n) is 4.25. The van der Waals surface area contributed by atoms with Crippen molar-refractivity contribution in [2.75, 3.05) is 36.8 Å². The predicted octanol–water partition coefficient (Wildman–Crippen LogP) is 5.22. The van der Waals surface area contributed by atoms with Gasteiger partial charge in [-0.3, -0.25) is 4.90 Å². The summed E-state index contributed by atoms with van der Waals surface area (Å²) in [7, 11) is 0. The van der Waals surface area contributed by atoms with E-state index in [2.05, 4.69) is 9.88 Å². The van der Waals surface area contributed by atoms with E-state index in [0.29, 0.717) is 45.5 Å². The van der Waals surface area contributed by atoms with E-state index in [4.69, 9.17) is 11.6 Å². The Hall–Kier alpha value is -1.03. The van der Waals surface area contributed by atoms with E-state index < -0.39 is 17.7 Å². The molecular formula is C17H18ClF4N3S2. The molecular weight excluding hydrogens is 422 g/mol. The molecule has 2 heterocycles. The number of thiazole rings is 1. The minimum Gasteiger partial charge on any atom is -0.367 e. The Morgan fingerprint density at radius 3 is 2.52 bits per heavy atom. The van der Waals surface area contributed by atoms with Gasteiger partial charge in [0, 0.05) is 48.7 Å². The van der Waals surface area contributed by atoms with E-state index in [-0.39, 0.29) is 0 Å². The Bertz CT molecular complexity index is 789. The van der Waals surface area contributed by atoms with Crippen LogP contribution in [0.4, 0.5) is 23.2 Å². The standard InChI is InChI=1S/C17H18ClF4N3S2/c1-11-6-13(19)14(7-15(11)26-10-17(20,21)22)25-4-2-24(3-5-25)9-12-8-23-16(18)27-12/h6-8H,2-5,9-10H2,1H3. The van der Waals surface area contributed by atoms with Gasteiger partial charge in [-0.15, -0.1) is 23.1 Å². The smallest absolute Gasteiger partial charge is 0.367 e. The molecule has 0 saturated carbocycles. The lowest BCUT2D eigenvalue weighted by atomic mass is 10.2. The van der Waals surface area contributed by atoms with Crippen molar-refractivity contribution < 1.29 is 17.6 Å². The zero-order valence-electron chi connectivity index (χ0n) is 14.5. The Kier molecular flexibility index (Phi) is 6.55. The van der Waals surface area contributed by atoms with Crippen LogP contribution in [0.15, 0.2) is 23.2 Å². The molecule has 3 nitrogen and oxygen atoms in total. The van der Waals surface area contributed by atoms with Crippen LogP contribution in [-0.4, -0.2) is 48.0 Å². The molecule has 1 fully saturated rings. The van der Waals surface area contributed by atoms with Gasteiger partial charge in [-0.25, -0.2) is 9.37 Å². The van der Waals surface area contributed by atoms with Gasteiger partial charge in [0.25, 0.3) is 0 Å². The van der Waals surface area contributed by atoms with Crippen molar-refractivity contribution in [3.05, 3.63) is 39.1 Å². The van der Waals surface area contributed by atoms with Crippen molar-refractivity contribution in [1.82, 2.24) is 9.88 Å². The molecule has 0 atom stereocenters. The van der Waals surface area contributed by atoms with Crippen LogP contribution in [0.25, 0.3) is 0 Å². The Balaban J connectivity index is 1.64. The maximum absolute atomic E-state index is 14.4. The fourth-order valence-electron chi connectivity index (χ4n) is 2.92. The molecule has 1 aliphatic rings. The summed E-state index contributed by atoms with van der Waals surface area (Å²) in [5.41, 5.74) is 0.886. The Morgan fingerprint density at radius 2 is 1.93 bits per heavy atom. The number of anilines is 1. The minimum absolute atomic E-state index is 0.366. The number of piperazine rings is 1. The summed E-state index contributed by atoms with van der Waals surface area (Å²) in [6.07, 6.45) is -2.50. The van der Waals surface area contributed by atoms with Gasteiger partial charge < -0.3 is 4.90 Å². The summed E-state index contributed by atoms with van der Waals surface area (Å²) in [4.78, 5) is 9.68. The van der Waals surface area contributed by atoms with Crippen LogP contribution in [-0.2, 0) is 6.54 Å². The number of aromatic nitrogens is 1. The van der Waals surface area contributed by atoms with Gasteiger partial charge in [-0.2, -0.15) is 13.2 Å². The van der Waals surface area contributed by atoms with Crippen LogP contribution in [0.1, 0.15) is 10.4 Å². The third-order valence-corrected chi connectivity index (χ3v) is 6.58. The number of aryl methyl sites for hydroxylation is 1. The summed E-state index contributed by atoms with van der Waals surface area (Å²) < 4.78 is 52.5. The quantitative estimate of drug-likeness (QED) is 0.469. The number of benzene rings is 1. The van der Waals surface area contributed by atoms with E-state index in [1.54, 1.807) is 19.2 Å². The van der Waals surface area contributed by atoms with Gasteiger partial charge in [-0.1, -0.05) is 11.6 Å². The number of alkyl halides is 3. The first-order chi connectivity index (χ1) is 12.7. The first-order valence-corrected chi connectivity index (χ1v) is 10.5. The molecule has 1 aromatic carbocycles. The van der Waals surface area contributed by atoms with Crippen molar-refractivity contribution in [2.24, 2.45) is 0 Å². The molecule has 0 bridgehead atoms. The summed E-state index contributed by atoms with van der Waals surface area (Å²) in [6.45, 7) is 5.04. The maximum atomic E-state index is 14.4. The van der Waals surface area contributed by atoms with Crippen molar-refractivity contribution >= 4 is 40.4 Å². The molecule has 3 rings (SSSR count). The van der Waals surface area contributed by atoms with E-state index in [0.717, 1.165) is 24.5 Å². The number of halogens is 5. The second-order valence-corrected chi connectivity index (χ2v) is 9.03. The third kappa shape index (κ3) is 5.73. The van der Waals surface area contributed by atoms with Crippen molar-refractivity contribution in [3.63, 3.8) is 0 Å². The molecule has 10 heteroatoms. The largest absolute Gasteiger partial charge is 0.398 e. The summed E-state index contributed by atoms with van der Waals surface area (Å²) in [5, 5.41) is 0. The monoisotopic (exact) mass is 439 g/mol. The summed E-state index contributed by atoms with van der Waals surface area (Å²) in [5.74, 6) is -1.38. The van der Waals surface area contributed by atoms with Gasteiger partial charge in [0.15, 0.2) is 4.47 Å². The van der Waals surface area contributed by atoms with Crippen LogP contribution in [0.2, 0.25) is 4.47 Å². The maximum Gasteiger partial charge on any atom is 0.398 e. The summed E-state index contributed by atoms with van der Waals surface area (Å²) >= 11 is 7.98. The van der Waals surface area contributed by atoms with Crippen LogP contribution in [0, 0.1) is 12.7 Å². The second-order valence-electron chi connectivity index (χ2n) is 6.32. The molecule has 148 valence electrons. The minimum atomic E-state index is -4.25. The first-order valence-electron chi connectivity index (χ1n) is 8.28. The summed E-state index contributed by atoms with van der Waals surface area (Å²) in [6, 6.07) is 2.86. The normalized spacial score (nSPS) is 16.1. The lowest BCUT2D eigenvalue weighted by molar-refractivity contribution is -0.105. The van der Waals surface area contributed by atoms with Crippen LogP contribution < -0.4 is 4.90 Å². The van der Waals surface area contributed by atoms with E-state index in [1.165, 1.54) is 17.4 Å². The van der Waals surface area contributed by atoms with Crippen molar-refractivity contribution in [2.45, 2.75) is 24.5 Å². The fraction of sp³-hybridized carbons (Fsp3) is 0.471. The van der Waals surface area contributed by atoms with Gasteiger partial charge in [0.2, 0.25) is 0 Å². The number of nitrogens with zero attached hydrogens (tertiary/aromatic N) is 3. The molecule has 0 N–H and O–H groups in total. The number of hydrogen-bond acceptors (Lipinski definition) is 5. The fourth-order valence-corrected chi connectivity index (χ4v) is 4.74. The van der Waals surface area contributed by atoms with E-state index in [1.807, 2.05) is 4.90 Å². The topological polar surface area (TPSA) is 19.4 Å². The van der Waals surface area contributed by atoms with Crippen molar-refractivity contribution in [1.29, 1.82) is 0 Å². The first kappa shape index (κ1) is 20.7. The van der Waals surface area contributed by atoms with Gasteiger partial charge in [0.05, 0.1) is 11.4 Å². The zero-order chi connectivity index (χ0) is 19.6. The molecule has 0 radical (unpaired) electrons. The number of hydrogen-bond donors (Lipinski definition) is 0. The van der Waals surface area contributed by atoms with Crippen LogP contribution in [0.5, 0.6) is 0 Å². The van der Waals surface area contributed by atoms with Gasteiger partial charge in [0.1, 0.15) is 5.82 Å². The van der Waals surface area contributed by atoms with Gasteiger partial charge in [-0.05, 0) is 24.6 Å². The lowest BCUT2D eigenvalue weighted by Gasteiger charge is -2.36. The predicted molar refractivity (Wildman–Crippen MR) is 103 cm³/mol. The molecule has 1 saturated heterocycles. The zero-order valence-corrected chi connectivity index (χ0v) is 16.9. The second kappa shape index (κ2) is 8.55. The number of rotatable bonds is 5. The molecule has 1 aliphatic heterocycles. The van der Waals surface area contributed by atoms with Crippen LogP contribution >= 0.6 is 34.7 Å². The van der Waals surface area contributed by atoms with E-state index >= 15 is 0 Å². The molecule has 0 amide bonds.